The normalized spacial score (nSPS) is 14.7. The van der Waals surface area contributed by atoms with Crippen LogP contribution in [0.2, 0.25) is 0 Å². The molecule has 0 saturated carbocycles. The first-order chi connectivity index (χ1) is 9.83. The zero-order chi connectivity index (χ0) is 16.4. The van der Waals surface area contributed by atoms with Gasteiger partial charge >= 0.3 is 12.0 Å². The summed E-state index contributed by atoms with van der Waals surface area (Å²) in [5, 5.41) is 16.4. The third-order valence-electron chi connectivity index (χ3n) is 3.11. The molecule has 0 fully saturated rings. The number of carbonyl (C=O) groups excluding carboxylic acids is 2. The van der Waals surface area contributed by atoms with Crippen molar-refractivity contribution in [1.29, 1.82) is 0 Å². The lowest BCUT2D eigenvalue weighted by Crippen LogP contribution is -2.54. The fourth-order valence-corrected chi connectivity index (χ4v) is 1.56. The van der Waals surface area contributed by atoms with Gasteiger partial charge in [0.2, 0.25) is 5.91 Å². The van der Waals surface area contributed by atoms with Crippen LogP contribution in [0, 0.1) is 5.92 Å². The average Bonchev–Trinajstić information content (AvgIpc) is 2.43. The van der Waals surface area contributed by atoms with Gasteiger partial charge in [-0.05, 0) is 12.8 Å². The van der Waals surface area contributed by atoms with Gasteiger partial charge in [0.15, 0.2) is 0 Å². The second kappa shape index (κ2) is 9.98. The molecule has 0 radical (unpaired) electrons. The molecule has 0 aliphatic heterocycles. The molecule has 0 rings (SSSR count). The van der Waals surface area contributed by atoms with Crippen LogP contribution in [0.1, 0.15) is 27.2 Å². The third-order valence-corrected chi connectivity index (χ3v) is 3.11. The minimum absolute atomic E-state index is 0.209. The summed E-state index contributed by atoms with van der Waals surface area (Å²) in [7, 11) is 1.52. The Kier molecular flexibility index (Phi) is 9.11. The van der Waals surface area contributed by atoms with Crippen molar-refractivity contribution >= 4 is 17.9 Å². The van der Waals surface area contributed by atoms with Crippen molar-refractivity contribution < 1.29 is 24.2 Å². The minimum atomic E-state index is -1.10. The standard InChI is InChI=1S/C13H25N3O5/c1-5-8(2)10(12(18)19)16-13(20)15-9(3)11(17)14-6-7-21-4/h8-10H,5-7H2,1-4H3,(H,14,17)(H,18,19)(H2,15,16,20). The first-order valence-corrected chi connectivity index (χ1v) is 6.89. The number of nitrogens with one attached hydrogen (secondary N) is 3. The highest BCUT2D eigenvalue weighted by Crippen LogP contribution is 2.07. The van der Waals surface area contributed by atoms with Crippen LogP contribution in [0.4, 0.5) is 4.79 Å². The lowest BCUT2D eigenvalue weighted by atomic mass is 9.99. The summed E-state index contributed by atoms with van der Waals surface area (Å²) in [6.07, 6.45) is 0.615. The second-order valence-corrected chi connectivity index (χ2v) is 4.82. The van der Waals surface area contributed by atoms with Gasteiger partial charge in [0.05, 0.1) is 6.61 Å². The SMILES string of the molecule is CCC(C)C(NC(=O)NC(C)C(=O)NCCOC)C(=O)O. The Morgan fingerprint density at radius 2 is 1.81 bits per heavy atom. The van der Waals surface area contributed by atoms with Gasteiger partial charge in [-0.3, -0.25) is 4.79 Å². The first-order valence-electron chi connectivity index (χ1n) is 6.89. The molecule has 0 aromatic heterocycles. The van der Waals surface area contributed by atoms with Crippen molar-refractivity contribution in [3.05, 3.63) is 0 Å². The molecule has 3 amide bonds. The second-order valence-electron chi connectivity index (χ2n) is 4.82. The van der Waals surface area contributed by atoms with Crippen molar-refractivity contribution in [3.8, 4) is 0 Å². The van der Waals surface area contributed by atoms with E-state index in [1.165, 1.54) is 14.0 Å². The van der Waals surface area contributed by atoms with E-state index in [1.807, 2.05) is 6.92 Å². The number of hydrogen-bond acceptors (Lipinski definition) is 4. The summed E-state index contributed by atoms with van der Waals surface area (Å²) in [6, 6.07) is -2.44. The highest BCUT2D eigenvalue weighted by Gasteiger charge is 2.26. The van der Waals surface area contributed by atoms with Gasteiger partial charge < -0.3 is 25.8 Å². The Hall–Kier alpha value is -1.83. The molecule has 8 nitrogen and oxygen atoms in total. The summed E-state index contributed by atoms with van der Waals surface area (Å²) in [5.74, 6) is -1.67. The minimum Gasteiger partial charge on any atom is -0.480 e. The fourth-order valence-electron chi connectivity index (χ4n) is 1.56. The number of carboxylic acids is 1. The van der Waals surface area contributed by atoms with Crippen molar-refractivity contribution in [2.75, 3.05) is 20.3 Å². The zero-order valence-corrected chi connectivity index (χ0v) is 12.9. The number of carbonyl (C=O) groups is 3. The van der Waals surface area contributed by atoms with E-state index in [0.29, 0.717) is 19.6 Å². The molecule has 0 spiro atoms. The van der Waals surface area contributed by atoms with Crippen LogP contribution in [-0.2, 0) is 14.3 Å². The first kappa shape index (κ1) is 19.2. The highest BCUT2D eigenvalue weighted by atomic mass is 16.5. The molecule has 3 unspecified atom stereocenters. The van der Waals surface area contributed by atoms with Crippen molar-refractivity contribution in [3.63, 3.8) is 0 Å². The number of ether oxygens (including phenoxy) is 1. The van der Waals surface area contributed by atoms with Crippen LogP contribution >= 0.6 is 0 Å². The van der Waals surface area contributed by atoms with Crippen LogP contribution in [-0.4, -0.2) is 55.4 Å². The molecule has 3 atom stereocenters. The van der Waals surface area contributed by atoms with Gasteiger partial charge in [-0.1, -0.05) is 20.3 Å². The fraction of sp³-hybridized carbons (Fsp3) is 0.769. The Morgan fingerprint density at radius 1 is 1.19 bits per heavy atom. The third kappa shape index (κ3) is 7.50. The summed E-state index contributed by atoms with van der Waals surface area (Å²) in [6.45, 7) is 5.81. The topological polar surface area (TPSA) is 117 Å². The summed E-state index contributed by atoms with van der Waals surface area (Å²) < 4.78 is 4.79. The number of rotatable bonds is 9. The number of methoxy groups -OCH3 is 1. The van der Waals surface area contributed by atoms with Crippen LogP contribution in [0.5, 0.6) is 0 Å². The maximum absolute atomic E-state index is 11.7. The van der Waals surface area contributed by atoms with E-state index in [1.54, 1.807) is 6.92 Å². The van der Waals surface area contributed by atoms with Gasteiger partial charge in [-0.25, -0.2) is 9.59 Å². The van der Waals surface area contributed by atoms with Gasteiger partial charge in [-0.2, -0.15) is 0 Å². The largest absolute Gasteiger partial charge is 0.480 e. The van der Waals surface area contributed by atoms with Crippen LogP contribution in [0.3, 0.4) is 0 Å². The molecule has 21 heavy (non-hydrogen) atoms. The molecule has 0 aromatic carbocycles. The molecule has 0 heterocycles. The molecule has 0 bridgehead atoms. The molecule has 8 heteroatoms. The monoisotopic (exact) mass is 303 g/mol. The van der Waals surface area contributed by atoms with Gasteiger partial charge in [0, 0.05) is 13.7 Å². The van der Waals surface area contributed by atoms with E-state index in [9.17, 15) is 14.4 Å². The summed E-state index contributed by atoms with van der Waals surface area (Å²) in [5.41, 5.74) is 0. The number of aliphatic carboxylic acids is 1. The van der Waals surface area contributed by atoms with Gasteiger partial charge in [-0.15, -0.1) is 0 Å². The maximum atomic E-state index is 11.7. The molecule has 122 valence electrons. The van der Waals surface area contributed by atoms with E-state index >= 15 is 0 Å². The van der Waals surface area contributed by atoms with Crippen LogP contribution in [0.15, 0.2) is 0 Å². The zero-order valence-electron chi connectivity index (χ0n) is 12.9. The van der Waals surface area contributed by atoms with Crippen LogP contribution in [0.25, 0.3) is 0 Å². The van der Waals surface area contributed by atoms with Gasteiger partial charge in [0.1, 0.15) is 12.1 Å². The molecule has 0 saturated heterocycles. The molecule has 4 N–H and O–H groups in total. The Morgan fingerprint density at radius 3 is 2.29 bits per heavy atom. The Balaban J connectivity index is 4.33. The maximum Gasteiger partial charge on any atom is 0.326 e. The quantitative estimate of drug-likeness (QED) is 0.445. The molecule has 0 aromatic rings. The average molecular weight is 303 g/mol. The van der Waals surface area contributed by atoms with Crippen molar-refractivity contribution in [1.82, 2.24) is 16.0 Å². The number of urea groups is 1. The predicted molar refractivity (Wildman–Crippen MR) is 76.9 cm³/mol. The summed E-state index contributed by atoms with van der Waals surface area (Å²) in [4.78, 5) is 34.5. The molecular weight excluding hydrogens is 278 g/mol. The molecule has 0 aliphatic carbocycles. The smallest absolute Gasteiger partial charge is 0.326 e. The predicted octanol–water partition coefficient (Wildman–Crippen LogP) is -0.0640. The molecule has 0 aliphatic rings. The van der Waals surface area contributed by atoms with E-state index in [0.717, 1.165) is 0 Å². The number of carboxylic acid groups (broad SMARTS) is 1. The van der Waals surface area contributed by atoms with E-state index < -0.39 is 24.1 Å². The van der Waals surface area contributed by atoms with E-state index in [-0.39, 0.29) is 11.8 Å². The van der Waals surface area contributed by atoms with Crippen molar-refractivity contribution in [2.45, 2.75) is 39.3 Å². The number of hydrogen-bond donors (Lipinski definition) is 4. The van der Waals surface area contributed by atoms with Crippen molar-refractivity contribution in [2.24, 2.45) is 5.92 Å². The summed E-state index contributed by atoms with van der Waals surface area (Å²) >= 11 is 0. The Labute approximate surface area is 124 Å². The van der Waals surface area contributed by atoms with E-state index in [4.69, 9.17) is 9.84 Å². The highest BCUT2D eigenvalue weighted by molar-refractivity contribution is 5.88. The Bertz CT molecular complexity index is 362. The van der Waals surface area contributed by atoms with Gasteiger partial charge in [0.25, 0.3) is 0 Å². The lowest BCUT2D eigenvalue weighted by molar-refractivity contribution is -0.140. The lowest BCUT2D eigenvalue weighted by Gasteiger charge is -2.21. The molecular formula is C13H25N3O5. The number of amides is 3. The van der Waals surface area contributed by atoms with E-state index in [2.05, 4.69) is 16.0 Å². The van der Waals surface area contributed by atoms with Crippen LogP contribution < -0.4 is 16.0 Å².